The largest absolute Gasteiger partial charge is 0.318 e. The first-order valence-corrected chi connectivity index (χ1v) is 7.01. The van der Waals surface area contributed by atoms with Gasteiger partial charge in [0.15, 0.2) is 5.82 Å². The second-order valence-electron chi connectivity index (χ2n) is 4.94. The molecule has 0 fully saturated rings. The van der Waals surface area contributed by atoms with Gasteiger partial charge in [0.1, 0.15) is 5.82 Å². The predicted octanol–water partition coefficient (Wildman–Crippen LogP) is 3.48. The summed E-state index contributed by atoms with van der Waals surface area (Å²) >= 11 is 5.98. The van der Waals surface area contributed by atoms with Crippen molar-refractivity contribution in [2.75, 3.05) is 0 Å². The number of aryl methyl sites for hydroxylation is 1. The fraction of sp³-hybridized carbons (Fsp3) is 0.125. The third-order valence-corrected chi connectivity index (χ3v) is 3.55. The van der Waals surface area contributed by atoms with E-state index in [0.29, 0.717) is 16.7 Å². The maximum atomic E-state index is 6.23. The summed E-state index contributed by atoms with van der Waals surface area (Å²) in [5, 5.41) is 7.78. The van der Waals surface area contributed by atoms with Crippen molar-refractivity contribution in [1.82, 2.24) is 15.2 Å². The minimum Gasteiger partial charge on any atom is -0.318 e. The van der Waals surface area contributed by atoms with Gasteiger partial charge in [-0.3, -0.25) is 5.10 Å². The fourth-order valence-electron chi connectivity index (χ4n) is 2.10. The second-order valence-corrected chi connectivity index (χ2v) is 5.38. The highest BCUT2D eigenvalue weighted by Crippen LogP contribution is 2.22. The Morgan fingerprint density at radius 2 is 1.90 bits per heavy atom. The lowest BCUT2D eigenvalue weighted by Gasteiger charge is -2.08. The van der Waals surface area contributed by atoms with Crippen molar-refractivity contribution >= 4 is 11.6 Å². The van der Waals surface area contributed by atoms with Crippen molar-refractivity contribution in [2.24, 2.45) is 5.73 Å². The van der Waals surface area contributed by atoms with Crippen molar-refractivity contribution in [3.8, 4) is 11.4 Å². The molecule has 0 radical (unpaired) electrons. The summed E-state index contributed by atoms with van der Waals surface area (Å²) in [6.07, 6.45) is 0. The van der Waals surface area contributed by atoms with E-state index in [0.717, 1.165) is 11.1 Å². The molecule has 1 unspecified atom stereocenters. The number of benzene rings is 2. The van der Waals surface area contributed by atoms with Gasteiger partial charge < -0.3 is 5.73 Å². The molecule has 2 aromatic carbocycles. The van der Waals surface area contributed by atoms with E-state index in [1.165, 1.54) is 5.56 Å². The normalized spacial score (nSPS) is 12.3. The summed E-state index contributed by atoms with van der Waals surface area (Å²) in [7, 11) is 0. The molecule has 3 rings (SSSR count). The van der Waals surface area contributed by atoms with Crippen LogP contribution in [0.4, 0.5) is 0 Å². The molecule has 1 atom stereocenters. The van der Waals surface area contributed by atoms with E-state index in [1.807, 2.05) is 55.5 Å². The summed E-state index contributed by atoms with van der Waals surface area (Å²) < 4.78 is 0. The monoisotopic (exact) mass is 298 g/mol. The zero-order valence-electron chi connectivity index (χ0n) is 11.5. The van der Waals surface area contributed by atoms with Gasteiger partial charge in [0, 0.05) is 10.6 Å². The van der Waals surface area contributed by atoms with Crippen LogP contribution in [0.3, 0.4) is 0 Å². The Bertz CT molecular complexity index is 749. The maximum absolute atomic E-state index is 6.23. The smallest absolute Gasteiger partial charge is 0.181 e. The van der Waals surface area contributed by atoms with E-state index in [-0.39, 0.29) is 6.04 Å². The van der Waals surface area contributed by atoms with Gasteiger partial charge in [-0.15, -0.1) is 0 Å². The number of nitrogens with one attached hydrogen (secondary N) is 1. The summed E-state index contributed by atoms with van der Waals surface area (Å²) in [4.78, 5) is 4.47. The Balaban J connectivity index is 1.89. The van der Waals surface area contributed by atoms with Crippen LogP contribution < -0.4 is 5.73 Å². The number of nitrogens with zero attached hydrogens (tertiary/aromatic N) is 2. The molecule has 1 heterocycles. The first-order chi connectivity index (χ1) is 10.1. The van der Waals surface area contributed by atoms with Gasteiger partial charge >= 0.3 is 0 Å². The number of hydrogen-bond donors (Lipinski definition) is 2. The molecule has 1 aromatic heterocycles. The van der Waals surface area contributed by atoms with E-state index in [4.69, 9.17) is 17.3 Å². The van der Waals surface area contributed by atoms with E-state index in [9.17, 15) is 0 Å². The summed E-state index contributed by atoms with van der Waals surface area (Å²) in [5.41, 5.74) is 9.28. The Hall–Kier alpha value is -2.17. The Kier molecular flexibility index (Phi) is 3.73. The topological polar surface area (TPSA) is 67.6 Å². The SMILES string of the molecule is Cc1ccc(C(N)c2nc(-c3cccc(Cl)c3)n[nH]2)cc1. The van der Waals surface area contributed by atoms with Crippen LogP contribution in [0, 0.1) is 6.92 Å². The highest BCUT2D eigenvalue weighted by Gasteiger charge is 2.14. The molecule has 0 aliphatic rings. The summed E-state index contributed by atoms with van der Waals surface area (Å²) in [6, 6.07) is 15.2. The van der Waals surface area contributed by atoms with Crippen molar-refractivity contribution in [1.29, 1.82) is 0 Å². The summed E-state index contributed by atoms with van der Waals surface area (Å²) in [6.45, 7) is 2.04. The molecular formula is C16H15ClN4. The van der Waals surface area contributed by atoms with Gasteiger partial charge in [-0.25, -0.2) is 4.98 Å². The number of nitrogens with two attached hydrogens (primary N) is 1. The number of aromatic amines is 1. The predicted molar refractivity (Wildman–Crippen MR) is 84.0 cm³/mol. The molecule has 21 heavy (non-hydrogen) atoms. The molecular weight excluding hydrogens is 284 g/mol. The number of halogens is 1. The van der Waals surface area contributed by atoms with E-state index >= 15 is 0 Å². The minimum absolute atomic E-state index is 0.328. The lowest BCUT2D eigenvalue weighted by molar-refractivity contribution is 0.787. The minimum atomic E-state index is -0.328. The molecule has 0 spiro atoms. The zero-order chi connectivity index (χ0) is 14.8. The molecule has 4 nitrogen and oxygen atoms in total. The van der Waals surface area contributed by atoms with Gasteiger partial charge in [0.25, 0.3) is 0 Å². The third-order valence-electron chi connectivity index (χ3n) is 3.32. The molecule has 0 bridgehead atoms. The molecule has 5 heteroatoms. The number of H-pyrrole nitrogens is 1. The first kappa shape index (κ1) is 13.8. The second kappa shape index (κ2) is 5.68. The number of aromatic nitrogens is 3. The molecule has 0 aliphatic carbocycles. The van der Waals surface area contributed by atoms with Crippen LogP contribution >= 0.6 is 11.6 Å². The van der Waals surface area contributed by atoms with Gasteiger partial charge in [-0.05, 0) is 24.6 Å². The standard InChI is InChI=1S/C16H15ClN4/c1-10-5-7-11(8-6-10)14(18)16-19-15(20-21-16)12-3-2-4-13(17)9-12/h2-9,14H,18H2,1H3,(H,19,20,21). The Labute approximate surface area is 128 Å². The third kappa shape index (κ3) is 2.96. The van der Waals surface area contributed by atoms with Crippen LogP contribution in [0.25, 0.3) is 11.4 Å². The molecule has 3 aromatic rings. The van der Waals surface area contributed by atoms with Crippen LogP contribution in [-0.2, 0) is 0 Å². The van der Waals surface area contributed by atoms with Crippen LogP contribution in [0.15, 0.2) is 48.5 Å². The molecule has 3 N–H and O–H groups in total. The van der Waals surface area contributed by atoms with Crippen LogP contribution in [0.1, 0.15) is 23.0 Å². The summed E-state index contributed by atoms with van der Waals surface area (Å²) in [5.74, 6) is 1.23. The van der Waals surface area contributed by atoms with Gasteiger partial charge in [0.05, 0.1) is 6.04 Å². The maximum Gasteiger partial charge on any atom is 0.181 e. The van der Waals surface area contributed by atoms with Crippen LogP contribution in [-0.4, -0.2) is 15.2 Å². The van der Waals surface area contributed by atoms with Crippen molar-refractivity contribution in [2.45, 2.75) is 13.0 Å². The lowest BCUT2D eigenvalue weighted by Crippen LogP contribution is -2.13. The van der Waals surface area contributed by atoms with Crippen molar-refractivity contribution < 1.29 is 0 Å². The Morgan fingerprint density at radius 3 is 2.62 bits per heavy atom. The average Bonchev–Trinajstić information content (AvgIpc) is 2.97. The van der Waals surface area contributed by atoms with E-state index in [2.05, 4.69) is 15.2 Å². The average molecular weight is 299 g/mol. The number of hydrogen-bond acceptors (Lipinski definition) is 3. The van der Waals surface area contributed by atoms with Gasteiger partial charge in [-0.2, -0.15) is 5.10 Å². The van der Waals surface area contributed by atoms with Crippen molar-refractivity contribution in [3.63, 3.8) is 0 Å². The molecule has 0 amide bonds. The fourth-order valence-corrected chi connectivity index (χ4v) is 2.29. The lowest BCUT2D eigenvalue weighted by atomic mass is 10.1. The van der Waals surface area contributed by atoms with E-state index < -0.39 is 0 Å². The Morgan fingerprint density at radius 1 is 1.14 bits per heavy atom. The van der Waals surface area contributed by atoms with Crippen LogP contribution in [0.2, 0.25) is 5.02 Å². The van der Waals surface area contributed by atoms with Gasteiger partial charge in [-0.1, -0.05) is 53.6 Å². The molecule has 0 saturated heterocycles. The van der Waals surface area contributed by atoms with Crippen molar-refractivity contribution in [3.05, 3.63) is 70.5 Å². The quantitative estimate of drug-likeness (QED) is 0.778. The van der Waals surface area contributed by atoms with E-state index in [1.54, 1.807) is 0 Å². The van der Waals surface area contributed by atoms with Gasteiger partial charge in [0.2, 0.25) is 0 Å². The first-order valence-electron chi connectivity index (χ1n) is 6.64. The van der Waals surface area contributed by atoms with Crippen LogP contribution in [0.5, 0.6) is 0 Å². The molecule has 106 valence electrons. The number of rotatable bonds is 3. The molecule has 0 saturated carbocycles. The highest BCUT2D eigenvalue weighted by atomic mass is 35.5. The molecule has 0 aliphatic heterocycles. The zero-order valence-corrected chi connectivity index (χ0v) is 12.3. The highest BCUT2D eigenvalue weighted by molar-refractivity contribution is 6.30.